The van der Waals surface area contributed by atoms with Crippen molar-refractivity contribution in [2.45, 2.75) is 32.1 Å². The summed E-state index contributed by atoms with van der Waals surface area (Å²) in [5, 5.41) is 8.94. The Morgan fingerprint density at radius 3 is 3.00 bits per heavy atom. The molecule has 19 heavy (non-hydrogen) atoms. The molecule has 0 spiro atoms. The summed E-state index contributed by atoms with van der Waals surface area (Å²) in [6.07, 6.45) is 4.52. The van der Waals surface area contributed by atoms with E-state index in [-0.39, 0.29) is 30.5 Å². The molecule has 1 fully saturated rings. The number of carbonyl (C=O) groups excluding carboxylic acids is 1. The van der Waals surface area contributed by atoms with Gasteiger partial charge in [-0.1, -0.05) is 0 Å². The van der Waals surface area contributed by atoms with Gasteiger partial charge in [-0.25, -0.2) is 4.79 Å². The molecular weight excluding hydrogens is 250 g/mol. The summed E-state index contributed by atoms with van der Waals surface area (Å²) in [6, 6.07) is 3.20. The second-order valence-corrected chi connectivity index (χ2v) is 4.44. The lowest BCUT2D eigenvalue weighted by Crippen LogP contribution is -2.39. The van der Waals surface area contributed by atoms with Crippen molar-refractivity contribution in [2.75, 3.05) is 6.61 Å². The molecular formula is C13H16NO5+. The maximum absolute atomic E-state index is 10.9. The van der Waals surface area contributed by atoms with Gasteiger partial charge in [-0.2, -0.15) is 4.57 Å². The summed E-state index contributed by atoms with van der Waals surface area (Å²) in [5.74, 6) is -1.30. The van der Waals surface area contributed by atoms with Crippen LogP contribution < -0.4 is 4.57 Å². The van der Waals surface area contributed by atoms with Crippen molar-refractivity contribution in [2.24, 2.45) is 0 Å². The standard InChI is InChI=1S/C13H15NO5/c1-9(15)18-8-11-4-5-12(19-11)14-6-2-3-10(7-14)13(16)17/h2-3,6-7,11-12H,4-5,8H2,1H3/p+1. The van der Waals surface area contributed by atoms with E-state index >= 15 is 0 Å². The van der Waals surface area contributed by atoms with Gasteiger partial charge in [0.25, 0.3) is 6.23 Å². The Hall–Kier alpha value is -1.95. The van der Waals surface area contributed by atoms with Gasteiger partial charge in [-0.15, -0.1) is 0 Å². The Morgan fingerprint density at radius 1 is 1.53 bits per heavy atom. The minimum Gasteiger partial charge on any atom is -0.477 e. The molecule has 102 valence electrons. The van der Waals surface area contributed by atoms with E-state index in [2.05, 4.69) is 0 Å². The molecule has 0 aromatic carbocycles. The smallest absolute Gasteiger partial charge is 0.341 e. The topological polar surface area (TPSA) is 76.7 Å². The monoisotopic (exact) mass is 266 g/mol. The number of pyridine rings is 1. The van der Waals surface area contributed by atoms with Gasteiger partial charge < -0.3 is 14.6 Å². The number of ether oxygens (including phenoxy) is 2. The number of aromatic carboxylic acids is 1. The van der Waals surface area contributed by atoms with Crippen LogP contribution in [0.4, 0.5) is 0 Å². The van der Waals surface area contributed by atoms with E-state index in [0.717, 1.165) is 12.8 Å². The zero-order valence-electron chi connectivity index (χ0n) is 10.6. The third-order valence-electron chi connectivity index (χ3n) is 2.96. The normalized spacial score (nSPS) is 22.2. The zero-order chi connectivity index (χ0) is 13.8. The predicted molar refractivity (Wildman–Crippen MR) is 63.4 cm³/mol. The third-order valence-corrected chi connectivity index (χ3v) is 2.96. The van der Waals surface area contributed by atoms with Gasteiger partial charge in [0.05, 0.1) is 6.10 Å². The van der Waals surface area contributed by atoms with Gasteiger partial charge in [-0.05, 0) is 12.5 Å². The highest BCUT2D eigenvalue weighted by Crippen LogP contribution is 2.24. The summed E-state index contributed by atoms with van der Waals surface area (Å²) in [6.45, 7) is 1.60. The molecule has 0 radical (unpaired) electrons. The molecule has 1 N–H and O–H groups in total. The van der Waals surface area contributed by atoms with Crippen molar-refractivity contribution < 1.29 is 28.7 Å². The highest BCUT2D eigenvalue weighted by atomic mass is 16.6. The Kier molecular flexibility index (Phi) is 4.11. The number of nitrogens with zero attached hydrogens (tertiary/aromatic N) is 1. The van der Waals surface area contributed by atoms with Crippen LogP contribution in [0.3, 0.4) is 0 Å². The van der Waals surface area contributed by atoms with Crippen LogP contribution >= 0.6 is 0 Å². The van der Waals surface area contributed by atoms with Crippen LogP contribution in [0.1, 0.15) is 36.4 Å². The first-order valence-electron chi connectivity index (χ1n) is 6.09. The minimum atomic E-state index is -0.969. The lowest BCUT2D eigenvalue weighted by molar-refractivity contribution is -0.759. The third kappa shape index (κ3) is 3.51. The minimum absolute atomic E-state index is 0.130. The van der Waals surface area contributed by atoms with Crippen molar-refractivity contribution in [3.05, 3.63) is 30.1 Å². The van der Waals surface area contributed by atoms with Gasteiger partial charge in [0.15, 0.2) is 12.4 Å². The number of carboxylic acid groups (broad SMARTS) is 1. The first-order valence-corrected chi connectivity index (χ1v) is 6.09. The van der Waals surface area contributed by atoms with Crippen LogP contribution in [-0.2, 0) is 14.3 Å². The van der Waals surface area contributed by atoms with E-state index in [0.29, 0.717) is 0 Å². The molecule has 0 bridgehead atoms. The van der Waals surface area contributed by atoms with Crippen LogP contribution in [0.5, 0.6) is 0 Å². The maximum Gasteiger partial charge on any atom is 0.341 e. The lowest BCUT2D eigenvalue weighted by atomic mass is 10.2. The number of rotatable bonds is 4. The number of hydrogen-bond donors (Lipinski definition) is 1. The molecule has 1 aromatic heterocycles. The Bertz CT molecular complexity index is 488. The summed E-state index contributed by atoms with van der Waals surface area (Å²) in [4.78, 5) is 21.6. The van der Waals surface area contributed by atoms with E-state index in [1.165, 1.54) is 13.0 Å². The van der Waals surface area contributed by atoms with E-state index in [1.54, 1.807) is 23.0 Å². The molecule has 0 saturated carbocycles. The number of aromatic nitrogens is 1. The summed E-state index contributed by atoms with van der Waals surface area (Å²) >= 11 is 0. The van der Waals surface area contributed by atoms with Gasteiger partial charge >= 0.3 is 11.9 Å². The Balaban J connectivity index is 1.98. The van der Waals surface area contributed by atoms with Crippen molar-refractivity contribution in [3.8, 4) is 0 Å². The van der Waals surface area contributed by atoms with Gasteiger partial charge in [0.2, 0.25) is 0 Å². The summed E-state index contributed by atoms with van der Waals surface area (Å²) in [5.41, 5.74) is 0.217. The van der Waals surface area contributed by atoms with E-state index in [9.17, 15) is 9.59 Å². The van der Waals surface area contributed by atoms with Gasteiger partial charge in [-0.3, -0.25) is 4.79 Å². The predicted octanol–water partition coefficient (Wildman–Crippen LogP) is 0.913. The SMILES string of the molecule is CC(=O)OCC1CCC([n+]2cccc(C(=O)O)c2)O1. The number of carbonyl (C=O) groups is 2. The van der Waals surface area contributed by atoms with E-state index < -0.39 is 5.97 Å². The molecule has 2 rings (SSSR count). The fraction of sp³-hybridized carbons (Fsp3) is 0.462. The lowest BCUT2D eigenvalue weighted by Gasteiger charge is -2.10. The van der Waals surface area contributed by atoms with Crippen molar-refractivity contribution in [1.29, 1.82) is 0 Å². The first kappa shape index (κ1) is 13.5. The Morgan fingerprint density at radius 2 is 2.32 bits per heavy atom. The fourth-order valence-electron chi connectivity index (χ4n) is 2.04. The summed E-state index contributed by atoms with van der Waals surface area (Å²) in [7, 11) is 0. The van der Waals surface area contributed by atoms with Gasteiger partial charge in [0.1, 0.15) is 12.2 Å². The Labute approximate surface area is 110 Å². The largest absolute Gasteiger partial charge is 0.477 e. The van der Waals surface area contributed by atoms with Crippen LogP contribution in [-0.4, -0.2) is 29.8 Å². The number of carboxylic acids is 1. The summed E-state index contributed by atoms with van der Waals surface area (Å²) < 4.78 is 12.4. The highest BCUT2D eigenvalue weighted by molar-refractivity contribution is 5.86. The number of esters is 1. The van der Waals surface area contributed by atoms with Gasteiger partial charge in [0, 0.05) is 19.4 Å². The molecule has 1 saturated heterocycles. The molecule has 1 aliphatic heterocycles. The van der Waals surface area contributed by atoms with Crippen LogP contribution in [0, 0.1) is 0 Å². The average molecular weight is 266 g/mol. The van der Waals surface area contributed by atoms with Crippen LogP contribution in [0.25, 0.3) is 0 Å². The first-order chi connectivity index (χ1) is 9.06. The maximum atomic E-state index is 10.9. The molecule has 6 nitrogen and oxygen atoms in total. The van der Waals surface area contributed by atoms with Crippen LogP contribution in [0.2, 0.25) is 0 Å². The molecule has 1 aliphatic rings. The molecule has 0 amide bonds. The molecule has 2 atom stereocenters. The highest BCUT2D eigenvalue weighted by Gasteiger charge is 2.32. The van der Waals surface area contributed by atoms with Crippen molar-refractivity contribution >= 4 is 11.9 Å². The van der Waals surface area contributed by atoms with Crippen molar-refractivity contribution in [3.63, 3.8) is 0 Å². The number of hydrogen-bond acceptors (Lipinski definition) is 4. The fourth-order valence-corrected chi connectivity index (χ4v) is 2.04. The molecule has 1 aromatic rings. The second kappa shape index (κ2) is 5.79. The van der Waals surface area contributed by atoms with E-state index in [4.69, 9.17) is 14.6 Å². The second-order valence-electron chi connectivity index (χ2n) is 4.44. The molecule has 6 heteroatoms. The molecule has 2 unspecified atom stereocenters. The van der Waals surface area contributed by atoms with E-state index in [1.807, 2.05) is 0 Å². The quantitative estimate of drug-likeness (QED) is 0.647. The van der Waals surface area contributed by atoms with Crippen LogP contribution in [0.15, 0.2) is 24.5 Å². The molecule has 2 heterocycles. The van der Waals surface area contributed by atoms with Crippen molar-refractivity contribution in [1.82, 2.24) is 0 Å². The molecule has 0 aliphatic carbocycles. The average Bonchev–Trinajstić information content (AvgIpc) is 2.85. The zero-order valence-corrected chi connectivity index (χ0v) is 10.6.